The second-order valence-electron chi connectivity index (χ2n) is 4.53. The minimum Gasteiger partial charge on any atom is -0.492 e. The monoisotopic (exact) mass is 299 g/mol. The number of rotatable bonds is 7. The van der Waals surface area contributed by atoms with Gasteiger partial charge in [0.05, 0.1) is 11.6 Å². The Morgan fingerprint density at radius 2 is 2.10 bits per heavy atom. The molecule has 1 rings (SSSR count). The third kappa shape index (κ3) is 5.48. The fourth-order valence-electron chi connectivity index (χ4n) is 1.75. The van der Waals surface area contributed by atoms with Crippen LogP contribution in [0.4, 0.5) is 5.69 Å². The van der Waals surface area contributed by atoms with Crippen molar-refractivity contribution in [2.24, 2.45) is 5.92 Å². The Bertz CT molecular complexity index is 490. The lowest BCUT2D eigenvalue weighted by Crippen LogP contribution is -2.17. The van der Waals surface area contributed by atoms with Crippen molar-refractivity contribution in [2.75, 3.05) is 11.9 Å². The number of anilines is 1. The van der Waals surface area contributed by atoms with E-state index in [0.717, 1.165) is 0 Å². The van der Waals surface area contributed by atoms with Crippen molar-refractivity contribution in [3.8, 4) is 5.75 Å². The standard InChI is InChI=1S/C14H18ClNO4/c1-3-20-12-5-4-10(8-11(12)15)16-13(17)6-9(2)7-14(18)19/h4-5,8-9H,3,6-7H2,1-2H3,(H,16,17)(H,18,19). The Morgan fingerprint density at radius 3 is 2.65 bits per heavy atom. The Hall–Kier alpha value is -1.75. The number of carbonyl (C=O) groups excluding carboxylic acids is 1. The molecule has 1 unspecified atom stereocenters. The molecule has 2 N–H and O–H groups in total. The summed E-state index contributed by atoms with van der Waals surface area (Å²) in [5.41, 5.74) is 0.561. The molecule has 0 heterocycles. The first-order valence-electron chi connectivity index (χ1n) is 6.36. The third-order valence-electron chi connectivity index (χ3n) is 2.57. The molecule has 1 aromatic rings. The van der Waals surface area contributed by atoms with E-state index in [2.05, 4.69) is 5.32 Å². The maximum atomic E-state index is 11.7. The molecule has 0 aliphatic heterocycles. The van der Waals surface area contributed by atoms with Gasteiger partial charge < -0.3 is 15.2 Å². The molecule has 0 saturated heterocycles. The van der Waals surface area contributed by atoms with Crippen LogP contribution in [0.2, 0.25) is 5.02 Å². The Labute approximate surface area is 122 Å². The molecule has 0 aliphatic rings. The van der Waals surface area contributed by atoms with Crippen molar-refractivity contribution in [1.29, 1.82) is 0 Å². The smallest absolute Gasteiger partial charge is 0.303 e. The molecule has 0 spiro atoms. The van der Waals surface area contributed by atoms with Gasteiger partial charge in [-0.15, -0.1) is 0 Å². The van der Waals surface area contributed by atoms with Gasteiger partial charge in [0.1, 0.15) is 5.75 Å². The Kier molecular flexibility index (Phi) is 6.31. The zero-order valence-corrected chi connectivity index (χ0v) is 12.2. The number of aliphatic carboxylic acids is 1. The number of carboxylic acid groups (broad SMARTS) is 1. The number of halogens is 1. The summed E-state index contributed by atoms with van der Waals surface area (Å²) in [4.78, 5) is 22.3. The Morgan fingerprint density at radius 1 is 1.40 bits per heavy atom. The van der Waals surface area contributed by atoms with Gasteiger partial charge in [-0.25, -0.2) is 0 Å². The van der Waals surface area contributed by atoms with Crippen LogP contribution in [-0.4, -0.2) is 23.6 Å². The first kappa shape index (κ1) is 16.3. The number of ether oxygens (including phenoxy) is 1. The van der Waals surface area contributed by atoms with E-state index in [4.69, 9.17) is 21.4 Å². The van der Waals surface area contributed by atoms with E-state index >= 15 is 0 Å². The summed E-state index contributed by atoms with van der Waals surface area (Å²) in [5.74, 6) is -0.800. The van der Waals surface area contributed by atoms with Crippen LogP contribution in [-0.2, 0) is 9.59 Å². The van der Waals surface area contributed by atoms with E-state index in [9.17, 15) is 9.59 Å². The third-order valence-corrected chi connectivity index (χ3v) is 2.87. The molecule has 0 aliphatic carbocycles. The predicted octanol–water partition coefficient (Wildman–Crippen LogP) is 3.18. The zero-order chi connectivity index (χ0) is 15.1. The molecule has 5 nitrogen and oxygen atoms in total. The van der Waals surface area contributed by atoms with Gasteiger partial charge in [0.15, 0.2) is 0 Å². The number of nitrogens with one attached hydrogen (secondary N) is 1. The summed E-state index contributed by atoms with van der Waals surface area (Å²) < 4.78 is 5.29. The van der Waals surface area contributed by atoms with Crippen LogP contribution in [0.25, 0.3) is 0 Å². The van der Waals surface area contributed by atoms with Crippen molar-refractivity contribution >= 4 is 29.2 Å². The molecule has 0 saturated carbocycles. The highest BCUT2D eigenvalue weighted by Gasteiger charge is 2.13. The molecule has 0 bridgehead atoms. The first-order chi connectivity index (χ1) is 9.42. The summed E-state index contributed by atoms with van der Waals surface area (Å²) in [5, 5.41) is 11.7. The SMILES string of the molecule is CCOc1ccc(NC(=O)CC(C)CC(=O)O)cc1Cl. The van der Waals surface area contributed by atoms with E-state index < -0.39 is 5.97 Å². The molecule has 0 aromatic heterocycles. The van der Waals surface area contributed by atoms with Crippen LogP contribution in [0.5, 0.6) is 5.75 Å². The molecule has 0 radical (unpaired) electrons. The number of carboxylic acids is 1. The summed E-state index contributed by atoms with van der Waals surface area (Å²) in [6.45, 7) is 4.09. The van der Waals surface area contributed by atoms with E-state index in [1.165, 1.54) is 0 Å². The number of amides is 1. The molecule has 0 fully saturated rings. The van der Waals surface area contributed by atoms with Gasteiger partial charge in [0, 0.05) is 18.5 Å². The maximum Gasteiger partial charge on any atom is 0.303 e. The van der Waals surface area contributed by atoms with Crippen LogP contribution in [0.1, 0.15) is 26.7 Å². The van der Waals surface area contributed by atoms with Gasteiger partial charge in [-0.05, 0) is 31.0 Å². The predicted molar refractivity (Wildman–Crippen MR) is 77.3 cm³/mol. The van der Waals surface area contributed by atoms with E-state index in [1.54, 1.807) is 25.1 Å². The van der Waals surface area contributed by atoms with Gasteiger partial charge in [0.25, 0.3) is 0 Å². The summed E-state index contributed by atoms with van der Waals surface area (Å²) in [6.07, 6.45) is 0.120. The van der Waals surface area contributed by atoms with Crippen molar-refractivity contribution in [2.45, 2.75) is 26.7 Å². The molecular formula is C14H18ClNO4. The molecule has 110 valence electrons. The van der Waals surface area contributed by atoms with Crippen molar-refractivity contribution in [3.63, 3.8) is 0 Å². The normalized spacial score (nSPS) is 11.8. The van der Waals surface area contributed by atoms with Crippen molar-refractivity contribution in [3.05, 3.63) is 23.2 Å². The quantitative estimate of drug-likeness (QED) is 0.811. The molecule has 1 amide bonds. The molecule has 1 aromatic carbocycles. The van der Waals surface area contributed by atoms with Gasteiger partial charge in [-0.3, -0.25) is 9.59 Å². The van der Waals surface area contributed by atoms with Crippen LogP contribution in [0.3, 0.4) is 0 Å². The highest BCUT2D eigenvalue weighted by Crippen LogP contribution is 2.27. The van der Waals surface area contributed by atoms with Gasteiger partial charge in [0.2, 0.25) is 5.91 Å². The highest BCUT2D eigenvalue weighted by atomic mass is 35.5. The molecule has 1 atom stereocenters. The maximum absolute atomic E-state index is 11.7. The number of carbonyl (C=O) groups is 2. The van der Waals surface area contributed by atoms with Crippen LogP contribution < -0.4 is 10.1 Å². The van der Waals surface area contributed by atoms with Crippen LogP contribution >= 0.6 is 11.6 Å². The minimum atomic E-state index is -0.908. The average molecular weight is 300 g/mol. The fourth-order valence-corrected chi connectivity index (χ4v) is 1.99. The second kappa shape index (κ2) is 7.75. The molecular weight excluding hydrogens is 282 g/mol. The lowest BCUT2D eigenvalue weighted by Gasteiger charge is -2.11. The lowest BCUT2D eigenvalue weighted by atomic mass is 10.0. The van der Waals surface area contributed by atoms with Gasteiger partial charge in [-0.1, -0.05) is 18.5 Å². The molecule has 20 heavy (non-hydrogen) atoms. The lowest BCUT2D eigenvalue weighted by molar-refractivity contribution is -0.138. The number of benzene rings is 1. The summed E-state index contributed by atoms with van der Waals surface area (Å²) >= 11 is 6.01. The van der Waals surface area contributed by atoms with Crippen molar-refractivity contribution < 1.29 is 19.4 Å². The van der Waals surface area contributed by atoms with E-state index in [0.29, 0.717) is 23.1 Å². The summed E-state index contributed by atoms with van der Waals surface area (Å²) in [7, 11) is 0. The average Bonchev–Trinajstić information content (AvgIpc) is 2.31. The highest BCUT2D eigenvalue weighted by molar-refractivity contribution is 6.32. The zero-order valence-electron chi connectivity index (χ0n) is 11.5. The fraction of sp³-hybridized carbons (Fsp3) is 0.429. The number of hydrogen-bond donors (Lipinski definition) is 2. The van der Waals surface area contributed by atoms with Gasteiger partial charge in [-0.2, -0.15) is 0 Å². The van der Waals surface area contributed by atoms with Crippen LogP contribution in [0, 0.1) is 5.92 Å². The van der Waals surface area contributed by atoms with E-state index in [1.807, 2.05) is 6.92 Å². The Balaban J connectivity index is 2.58. The number of hydrogen-bond acceptors (Lipinski definition) is 3. The first-order valence-corrected chi connectivity index (χ1v) is 6.74. The minimum absolute atomic E-state index is 0.0303. The second-order valence-corrected chi connectivity index (χ2v) is 4.94. The largest absolute Gasteiger partial charge is 0.492 e. The van der Waals surface area contributed by atoms with Gasteiger partial charge >= 0.3 is 5.97 Å². The van der Waals surface area contributed by atoms with Crippen LogP contribution in [0.15, 0.2) is 18.2 Å². The molecule has 6 heteroatoms. The van der Waals surface area contributed by atoms with Crippen molar-refractivity contribution in [1.82, 2.24) is 0 Å². The summed E-state index contributed by atoms with van der Waals surface area (Å²) in [6, 6.07) is 4.98. The topological polar surface area (TPSA) is 75.6 Å². The van der Waals surface area contributed by atoms with E-state index in [-0.39, 0.29) is 24.7 Å².